The van der Waals surface area contributed by atoms with Gasteiger partial charge in [0.15, 0.2) is 0 Å². The minimum absolute atomic E-state index is 0.611. The van der Waals surface area contributed by atoms with Gasteiger partial charge in [0.05, 0.1) is 0 Å². The van der Waals surface area contributed by atoms with Crippen molar-refractivity contribution in [2.45, 2.75) is 26.3 Å². The summed E-state index contributed by atoms with van der Waals surface area (Å²) in [5.74, 6) is 0. The van der Waals surface area contributed by atoms with E-state index < -0.39 is 0 Å². The van der Waals surface area contributed by atoms with Gasteiger partial charge in [0.25, 0.3) is 0 Å². The zero-order valence-electron chi connectivity index (χ0n) is 11.9. The summed E-state index contributed by atoms with van der Waals surface area (Å²) in [6.07, 6.45) is 1.13. The molecule has 3 nitrogen and oxygen atoms in total. The Hall–Kier alpha value is -1.32. The normalized spacial score (nSPS) is 18.8. The van der Waals surface area contributed by atoms with E-state index in [0.29, 0.717) is 6.04 Å². The number of para-hydroxylation sites is 1. The van der Waals surface area contributed by atoms with Crippen molar-refractivity contribution in [1.82, 2.24) is 15.2 Å². The molecule has 1 aliphatic heterocycles. The van der Waals surface area contributed by atoms with Crippen LogP contribution in [0.15, 0.2) is 24.3 Å². The van der Waals surface area contributed by atoms with Crippen LogP contribution >= 0.6 is 0 Å². The number of hydrogen-bond donors (Lipinski definition) is 2. The number of nitrogens with zero attached hydrogens (tertiary/aromatic N) is 1. The quantitative estimate of drug-likeness (QED) is 0.884. The molecule has 19 heavy (non-hydrogen) atoms. The van der Waals surface area contributed by atoms with Gasteiger partial charge in [0.2, 0.25) is 0 Å². The summed E-state index contributed by atoms with van der Waals surface area (Å²) in [4.78, 5) is 6.10. The third-order valence-electron chi connectivity index (χ3n) is 4.30. The molecule has 3 heteroatoms. The van der Waals surface area contributed by atoms with E-state index in [4.69, 9.17) is 0 Å². The van der Waals surface area contributed by atoms with Crippen LogP contribution in [0.3, 0.4) is 0 Å². The molecule has 1 fully saturated rings. The second-order valence-corrected chi connectivity index (χ2v) is 5.61. The van der Waals surface area contributed by atoms with Crippen LogP contribution in [0.1, 0.15) is 18.2 Å². The van der Waals surface area contributed by atoms with Crippen LogP contribution in [0.5, 0.6) is 0 Å². The summed E-state index contributed by atoms with van der Waals surface area (Å²) < 4.78 is 0. The molecule has 1 aromatic carbocycles. The Morgan fingerprint density at radius 3 is 2.74 bits per heavy atom. The van der Waals surface area contributed by atoms with Crippen LogP contribution in [0.25, 0.3) is 10.9 Å². The maximum atomic E-state index is 3.50. The molecule has 2 heterocycles. The van der Waals surface area contributed by atoms with E-state index in [9.17, 15) is 0 Å². The van der Waals surface area contributed by atoms with Gasteiger partial charge >= 0.3 is 0 Å². The first-order valence-corrected chi connectivity index (χ1v) is 7.26. The number of rotatable bonds is 3. The second kappa shape index (κ2) is 5.35. The fourth-order valence-electron chi connectivity index (χ4n) is 3.15. The fraction of sp³-hybridized carbons (Fsp3) is 0.500. The molecule has 0 bridgehead atoms. The Bertz CT molecular complexity index is 552. The van der Waals surface area contributed by atoms with E-state index >= 15 is 0 Å². The van der Waals surface area contributed by atoms with Gasteiger partial charge in [-0.3, -0.25) is 4.90 Å². The summed E-state index contributed by atoms with van der Waals surface area (Å²) in [7, 11) is 0. The predicted octanol–water partition coefficient (Wildman–Crippen LogP) is 2.31. The molecule has 0 amide bonds. The Balaban J connectivity index is 1.82. The number of fused-ring (bicyclic) bond motifs is 1. The standard InChI is InChI=1S/C16H23N3/c1-12(19-9-7-17-8-10-19)11-15-13(2)18-16-6-4-3-5-14(15)16/h3-6,12,17-18H,7-11H2,1-2H3. The van der Waals surface area contributed by atoms with E-state index in [2.05, 4.69) is 53.3 Å². The zero-order valence-corrected chi connectivity index (χ0v) is 11.9. The summed E-state index contributed by atoms with van der Waals surface area (Å²) in [6.45, 7) is 9.13. The van der Waals surface area contributed by atoms with Crippen LogP contribution < -0.4 is 5.32 Å². The van der Waals surface area contributed by atoms with Gasteiger partial charge in [-0.25, -0.2) is 0 Å². The highest BCUT2D eigenvalue weighted by Gasteiger charge is 2.19. The number of nitrogens with one attached hydrogen (secondary N) is 2. The number of benzene rings is 1. The monoisotopic (exact) mass is 257 g/mol. The van der Waals surface area contributed by atoms with Gasteiger partial charge in [-0.05, 0) is 31.9 Å². The Kier molecular flexibility index (Phi) is 3.58. The average Bonchev–Trinajstić information content (AvgIpc) is 2.76. The third-order valence-corrected chi connectivity index (χ3v) is 4.30. The molecule has 0 spiro atoms. The van der Waals surface area contributed by atoms with Crippen molar-refractivity contribution in [2.24, 2.45) is 0 Å². The van der Waals surface area contributed by atoms with Crippen molar-refractivity contribution in [3.05, 3.63) is 35.5 Å². The fourth-order valence-corrected chi connectivity index (χ4v) is 3.15. The number of H-pyrrole nitrogens is 1. The van der Waals surface area contributed by atoms with Crippen molar-refractivity contribution >= 4 is 10.9 Å². The van der Waals surface area contributed by atoms with Crippen molar-refractivity contribution in [2.75, 3.05) is 26.2 Å². The van der Waals surface area contributed by atoms with E-state index in [-0.39, 0.29) is 0 Å². The molecule has 0 radical (unpaired) electrons. The predicted molar refractivity (Wildman–Crippen MR) is 80.6 cm³/mol. The Labute approximate surface area is 115 Å². The van der Waals surface area contributed by atoms with E-state index in [0.717, 1.165) is 19.5 Å². The van der Waals surface area contributed by atoms with Crippen LogP contribution in [0, 0.1) is 6.92 Å². The highest BCUT2D eigenvalue weighted by Crippen LogP contribution is 2.24. The van der Waals surface area contributed by atoms with Gasteiger partial charge in [0, 0.05) is 48.8 Å². The molecule has 102 valence electrons. The first-order chi connectivity index (χ1) is 9.25. The molecule has 2 aromatic rings. The van der Waals surface area contributed by atoms with E-state index in [1.54, 1.807) is 0 Å². The summed E-state index contributed by atoms with van der Waals surface area (Å²) in [5, 5.41) is 4.81. The molecule has 1 aliphatic rings. The lowest BCUT2D eigenvalue weighted by Gasteiger charge is -2.33. The van der Waals surface area contributed by atoms with Gasteiger partial charge in [-0.1, -0.05) is 18.2 Å². The van der Waals surface area contributed by atoms with Crippen LogP contribution in [-0.4, -0.2) is 42.1 Å². The summed E-state index contributed by atoms with van der Waals surface area (Å²) in [5.41, 5.74) is 4.08. The van der Waals surface area contributed by atoms with Gasteiger partial charge in [-0.2, -0.15) is 0 Å². The molecule has 2 N–H and O–H groups in total. The number of hydrogen-bond acceptors (Lipinski definition) is 2. The topological polar surface area (TPSA) is 31.1 Å². The third kappa shape index (κ3) is 2.53. The first-order valence-electron chi connectivity index (χ1n) is 7.26. The van der Waals surface area contributed by atoms with E-state index in [1.807, 2.05) is 0 Å². The number of piperazine rings is 1. The number of aromatic amines is 1. The molecular weight excluding hydrogens is 234 g/mol. The summed E-state index contributed by atoms with van der Waals surface area (Å²) in [6, 6.07) is 9.25. The maximum Gasteiger partial charge on any atom is 0.0458 e. The highest BCUT2D eigenvalue weighted by atomic mass is 15.2. The smallest absolute Gasteiger partial charge is 0.0458 e. The Morgan fingerprint density at radius 1 is 1.21 bits per heavy atom. The lowest BCUT2D eigenvalue weighted by molar-refractivity contribution is 0.183. The molecule has 0 saturated carbocycles. The first kappa shape index (κ1) is 12.7. The molecule has 1 unspecified atom stereocenters. The molecular formula is C16H23N3. The molecule has 1 saturated heterocycles. The highest BCUT2D eigenvalue weighted by molar-refractivity contribution is 5.84. The van der Waals surface area contributed by atoms with Gasteiger partial charge in [0.1, 0.15) is 0 Å². The van der Waals surface area contributed by atoms with Crippen LogP contribution in [0.4, 0.5) is 0 Å². The van der Waals surface area contributed by atoms with Gasteiger partial charge < -0.3 is 10.3 Å². The SMILES string of the molecule is Cc1[nH]c2ccccc2c1CC(C)N1CCNCC1. The van der Waals surface area contributed by atoms with E-state index in [1.165, 1.54) is 35.2 Å². The van der Waals surface area contributed by atoms with Crippen molar-refractivity contribution in [1.29, 1.82) is 0 Å². The molecule has 3 rings (SSSR count). The largest absolute Gasteiger partial charge is 0.358 e. The van der Waals surface area contributed by atoms with Crippen molar-refractivity contribution < 1.29 is 0 Å². The van der Waals surface area contributed by atoms with Gasteiger partial charge in [-0.15, -0.1) is 0 Å². The average molecular weight is 257 g/mol. The second-order valence-electron chi connectivity index (χ2n) is 5.61. The molecule has 0 aliphatic carbocycles. The maximum absolute atomic E-state index is 3.50. The number of aryl methyl sites for hydroxylation is 1. The lowest BCUT2D eigenvalue weighted by Crippen LogP contribution is -2.48. The Morgan fingerprint density at radius 2 is 1.95 bits per heavy atom. The van der Waals surface area contributed by atoms with Crippen molar-refractivity contribution in [3.8, 4) is 0 Å². The van der Waals surface area contributed by atoms with Crippen molar-refractivity contribution in [3.63, 3.8) is 0 Å². The minimum atomic E-state index is 0.611. The van der Waals surface area contributed by atoms with Crippen LogP contribution in [-0.2, 0) is 6.42 Å². The summed E-state index contributed by atoms with van der Waals surface area (Å²) >= 11 is 0. The van der Waals surface area contributed by atoms with Crippen LogP contribution in [0.2, 0.25) is 0 Å². The zero-order chi connectivity index (χ0) is 13.2. The minimum Gasteiger partial charge on any atom is -0.358 e. The number of aromatic nitrogens is 1. The lowest BCUT2D eigenvalue weighted by atomic mass is 10.0. The molecule has 1 atom stereocenters. The molecule has 1 aromatic heterocycles.